The topological polar surface area (TPSA) is 72.9 Å². The first kappa shape index (κ1) is 25.1. The number of halogens is 1. The number of nitrogens with zero attached hydrogens (tertiary/aromatic N) is 4. The number of hydrogen-bond acceptors (Lipinski definition) is 5. The smallest absolute Gasteiger partial charge is 0.243 e. The highest BCUT2D eigenvalue weighted by Gasteiger charge is 2.22. The number of aromatic nitrogens is 1. The number of thiazole rings is 1. The Morgan fingerprint density at radius 1 is 1.36 bits per heavy atom. The quantitative estimate of drug-likeness (QED) is 0.311. The van der Waals surface area contributed by atoms with Crippen molar-refractivity contribution < 1.29 is 4.79 Å². The summed E-state index contributed by atoms with van der Waals surface area (Å²) in [4.78, 5) is 26.3. The zero-order valence-corrected chi connectivity index (χ0v) is 20.9. The van der Waals surface area contributed by atoms with E-state index in [0.29, 0.717) is 12.0 Å². The van der Waals surface area contributed by atoms with E-state index in [-0.39, 0.29) is 36.4 Å². The molecule has 0 saturated carbocycles. The number of carbonyl (C=O) groups excluding carboxylic acids is 1. The van der Waals surface area contributed by atoms with E-state index in [9.17, 15) is 4.79 Å². The molecule has 1 aliphatic heterocycles. The van der Waals surface area contributed by atoms with E-state index in [0.717, 1.165) is 36.8 Å². The highest BCUT2D eigenvalue weighted by molar-refractivity contribution is 14.0. The third-order valence-corrected chi connectivity index (χ3v) is 6.12. The highest BCUT2D eigenvalue weighted by Crippen LogP contribution is 2.17. The van der Waals surface area contributed by atoms with Gasteiger partial charge >= 0.3 is 0 Å². The average Bonchev–Trinajstić information content (AvgIpc) is 3.22. The number of amides is 1. The van der Waals surface area contributed by atoms with Crippen LogP contribution in [0.2, 0.25) is 0 Å². The van der Waals surface area contributed by atoms with Crippen LogP contribution in [0.25, 0.3) is 0 Å². The van der Waals surface area contributed by atoms with Crippen molar-refractivity contribution in [2.75, 3.05) is 46.8 Å². The van der Waals surface area contributed by atoms with E-state index in [1.165, 1.54) is 24.3 Å². The van der Waals surface area contributed by atoms with Crippen molar-refractivity contribution in [2.24, 2.45) is 4.99 Å². The molecule has 1 aromatic heterocycles. The van der Waals surface area contributed by atoms with Gasteiger partial charge in [0.1, 0.15) is 6.54 Å². The van der Waals surface area contributed by atoms with Gasteiger partial charge in [-0.1, -0.05) is 6.92 Å². The predicted octanol–water partition coefficient (Wildman–Crippen LogP) is 2.03. The number of nitrogens with one attached hydrogen (secondary N) is 2. The van der Waals surface area contributed by atoms with Gasteiger partial charge in [0.2, 0.25) is 5.91 Å². The summed E-state index contributed by atoms with van der Waals surface area (Å²) >= 11 is 1.75. The van der Waals surface area contributed by atoms with E-state index in [1.807, 2.05) is 6.92 Å². The average molecular weight is 523 g/mol. The second-order valence-electron chi connectivity index (χ2n) is 7.18. The second kappa shape index (κ2) is 12.6. The summed E-state index contributed by atoms with van der Waals surface area (Å²) < 4.78 is 0. The Bertz CT molecular complexity index is 629. The Morgan fingerprint density at radius 2 is 2.11 bits per heavy atom. The largest absolute Gasteiger partial charge is 0.356 e. The maximum atomic E-state index is 11.9. The lowest BCUT2D eigenvalue weighted by Gasteiger charge is -2.24. The zero-order valence-electron chi connectivity index (χ0n) is 17.7. The van der Waals surface area contributed by atoms with Crippen molar-refractivity contribution in [1.82, 2.24) is 25.4 Å². The minimum absolute atomic E-state index is 0. The number of likely N-dealkylation sites (N-methyl/N-ethyl adjacent to an activating group) is 2. The van der Waals surface area contributed by atoms with Gasteiger partial charge in [-0.05, 0) is 39.8 Å². The first-order chi connectivity index (χ1) is 12.9. The molecule has 7 nitrogen and oxygen atoms in total. The molecule has 2 heterocycles. The molecule has 1 fully saturated rings. The van der Waals surface area contributed by atoms with Crippen LogP contribution >= 0.6 is 35.3 Å². The van der Waals surface area contributed by atoms with Gasteiger partial charge in [0, 0.05) is 44.5 Å². The van der Waals surface area contributed by atoms with Crippen LogP contribution in [0.5, 0.6) is 0 Å². The van der Waals surface area contributed by atoms with Gasteiger partial charge in [-0.25, -0.2) is 9.98 Å². The van der Waals surface area contributed by atoms with Gasteiger partial charge in [0.25, 0.3) is 0 Å². The van der Waals surface area contributed by atoms with Gasteiger partial charge in [-0.2, -0.15) is 0 Å². The summed E-state index contributed by atoms with van der Waals surface area (Å²) in [6.45, 7) is 10.4. The molecule has 0 bridgehead atoms. The molecule has 0 spiro atoms. The molecule has 0 aliphatic carbocycles. The van der Waals surface area contributed by atoms with Crippen LogP contribution in [0.3, 0.4) is 0 Å². The van der Waals surface area contributed by atoms with E-state index >= 15 is 0 Å². The van der Waals surface area contributed by atoms with Crippen LogP contribution in [0.4, 0.5) is 0 Å². The summed E-state index contributed by atoms with van der Waals surface area (Å²) in [5.74, 6) is 0.705. The van der Waals surface area contributed by atoms with Crippen LogP contribution in [-0.4, -0.2) is 79.5 Å². The van der Waals surface area contributed by atoms with Gasteiger partial charge < -0.3 is 15.5 Å². The standard InChI is InChI=1S/C19H34N6OS.HI/c1-6-25-11-7-8-16(25)12-21-19(22-13-18(26)24(4)5)20-10-9-17-23-14(2)15(3)27-17;/h16H,6-13H2,1-5H3,(H2,20,21,22);1H. The lowest BCUT2D eigenvalue weighted by molar-refractivity contribution is -0.127. The van der Waals surface area contributed by atoms with Crippen molar-refractivity contribution in [3.63, 3.8) is 0 Å². The fourth-order valence-electron chi connectivity index (χ4n) is 3.15. The summed E-state index contributed by atoms with van der Waals surface area (Å²) in [6.07, 6.45) is 3.32. The van der Waals surface area contributed by atoms with E-state index < -0.39 is 0 Å². The fourth-order valence-corrected chi connectivity index (χ4v) is 4.09. The SMILES string of the molecule is CCN1CCCC1CNC(=NCC(=O)N(C)C)NCCc1nc(C)c(C)s1.I. The summed E-state index contributed by atoms with van der Waals surface area (Å²) in [6, 6.07) is 0.538. The van der Waals surface area contributed by atoms with Crippen LogP contribution in [0, 0.1) is 13.8 Å². The molecule has 1 aliphatic rings. The first-order valence-corrected chi connectivity index (χ1v) is 10.6. The van der Waals surface area contributed by atoms with Gasteiger partial charge in [0.15, 0.2) is 5.96 Å². The Hall–Kier alpha value is -0.940. The normalized spacial score (nSPS) is 17.3. The maximum Gasteiger partial charge on any atom is 0.243 e. The lowest BCUT2D eigenvalue weighted by Crippen LogP contribution is -2.45. The van der Waals surface area contributed by atoms with Gasteiger partial charge in [-0.15, -0.1) is 35.3 Å². The molecular weight excluding hydrogens is 487 g/mol. The molecular formula is C19H35IN6OS. The Morgan fingerprint density at radius 3 is 2.71 bits per heavy atom. The monoisotopic (exact) mass is 522 g/mol. The van der Waals surface area contributed by atoms with Crippen LogP contribution in [0.1, 0.15) is 35.3 Å². The van der Waals surface area contributed by atoms with Gasteiger partial charge in [0.05, 0.1) is 10.7 Å². The van der Waals surface area contributed by atoms with E-state index in [2.05, 4.69) is 39.4 Å². The molecule has 160 valence electrons. The molecule has 0 radical (unpaired) electrons. The molecule has 9 heteroatoms. The number of hydrogen-bond donors (Lipinski definition) is 2. The number of carbonyl (C=O) groups is 1. The third kappa shape index (κ3) is 7.82. The zero-order chi connectivity index (χ0) is 19.8. The number of rotatable bonds is 8. The number of likely N-dealkylation sites (tertiary alicyclic amines) is 1. The predicted molar refractivity (Wildman–Crippen MR) is 128 cm³/mol. The Kier molecular flexibility index (Phi) is 11.3. The molecule has 1 atom stereocenters. The molecule has 1 unspecified atom stereocenters. The number of aliphatic imine (C=N–C) groups is 1. The Labute approximate surface area is 190 Å². The van der Waals surface area contributed by atoms with Gasteiger partial charge in [-0.3, -0.25) is 9.69 Å². The molecule has 28 heavy (non-hydrogen) atoms. The summed E-state index contributed by atoms with van der Waals surface area (Å²) in [5.41, 5.74) is 1.11. The Balaban J connectivity index is 0.00000392. The molecule has 1 aromatic rings. The number of guanidine groups is 1. The number of aryl methyl sites for hydroxylation is 2. The first-order valence-electron chi connectivity index (χ1n) is 9.80. The molecule has 0 aromatic carbocycles. The maximum absolute atomic E-state index is 11.9. The van der Waals surface area contributed by atoms with Crippen LogP contribution in [0.15, 0.2) is 4.99 Å². The molecule has 1 saturated heterocycles. The molecule has 2 N–H and O–H groups in total. The van der Waals surface area contributed by atoms with Crippen molar-refractivity contribution in [3.05, 3.63) is 15.6 Å². The summed E-state index contributed by atoms with van der Waals surface area (Å²) in [5, 5.41) is 7.93. The van der Waals surface area contributed by atoms with Crippen LogP contribution in [-0.2, 0) is 11.2 Å². The van der Waals surface area contributed by atoms with E-state index in [1.54, 1.807) is 30.3 Å². The third-order valence-electron chi connectivity index (χ3n) is 4.99. The van der Waals surface area contributed by atoms with Crippen molar-refractivity contribution in [2.45, 2.75) is 46.1 Å². The van der Waals surface area contributed by atoms with Crippen molar-refractivity contribution in [1.29, 1.82) is 0 Å². The summed E-state index contributed by atoms with van der Waals surface area (Å²) in [7, 11) is 3.51. The minimum Gasteiger partial charge on any atom is -0.356 e. The minimum atomic E-state index is -0.00155. The molecule has 1 amide bonds. The fraction of sp³-hybridized carbons (Fsp3) is 0.737. The van der Waals surface area contributed by atoms with E-state index in [4.69, 9.17) is 0 Å². The van der Waals surface area contributed by atoms with Crippen molar-refractivity contribution >= 4 is 47.2 Å². The van der Waals surface area contributed by atoms with Crippen LogP contribution < -0.4 is 10.6 Å². The second-order valence-corrected chi connectivity index (χ2v) is 8.47. The van der Waals surface area contributed by atoms with Crippen molar-refractivity contribution in [3.8, 4) is 0 Å². The highest BCUT2D eigenvalue weighted by atomic mass is 127. The molecule has 2 rings (SSSR count). The lowest BCUT2D eigenvalue weighted by atomic mass is 10.2.